The number of carbonyl (C=O) groups excluding carboxylic acids is 1. The number of nitrogens with one attached hydrogen (secondary N) is 1. The maximum Gasteiger partial charge on any atom is 0.294 e. The molecule has 16 heteroatoms. The molecular weight excluding hydrogens is 528 g/mol. The standard InChI is InChI=1S/C21H12N6O8S2/c1-23-19-17(21(29)27(25-19)12-4-2-6-14(8-12)36-35-34-30)10-16-18(11-22)24-26(20(16)28)13-5-3-7-15(9-13)37(31,32)33/h2-10,25,30H,(H,31,32,33). The smallest absolute Gasteiger partial charge is 0.294 e. The number of aromatic nitrogens is 2. The lowest BCUT2D eigenvalue weighted by molar-refractivity contribution is -0.432. The average molecular weight is 540 g/mol. The van der Waals surface area contributed by atoms with Gasteiger partial charge >= 0.3 is 0 Å². The number of benzene rings is 2. The monoisotopic (exact) mass is 540 g/mol. The summed E-state index contributed by atoms with van der Waals surface area (Å²) >= 11 is 0.653. The number of aromatic amines is 1. The molecule has 0 saturated heterocycles. The molecule has 0 radical (unpaired) electrons. The SMILES string of the molecule is [C-]#[N+]c1[nH]n(-c2cccc(SOOO)c2)c(=O)c1C=C1C(=O)N(c2cccc(S(=O)(=O)O)c2)N=C1C#N. The molecular formula is C21H12N6O8S2. The summed E-state index contributed by atoms with van der Waals surface area (Å²) in [4.78, 5) is 29.5. The van der Waals surface area contributed by atoms with E-state index in [0.29, 0.717) is 16.9 Å². The lowest BCUT2D eigenvalue weighted by atomic mass is 10.1. The van der Waals surface area contributed by atoms with E-state index in [1.54, 1.807) is 24.3 Å². The highest BCUT2D eigenvalue weighted by Crippen LogP contribution is 2.28. The van der Waals surface area contributed by atoms with Gasteiger partial charge in [0.15, 0.2) is 5.71 Å². The minimum atomic E-state index is -4.58. The van der Waals surface area contributed by atoms with Gasteiger partial charge in [0, 0.05) is 4.90 Å². The number of nitriles is 1. The Kier molecular flexibility index (Phi) is 7.05. The first-order chi connectivity index (χ1) is 17.7. The molecule has 0 bridgehead atoms. The van der Waals surface area contributed by atoms with Crippen LogP contribution in [0.25, 0.3) is 16.6 Å². The van der Waals surface area contributed by atoms with Crippen molar-refractivity contribution in [1.82, 2.24) is 9.78 Å². The van der Waals surface area contributed by atoms with E-state index in [9.17, 15) is 27.8 Å². The van der Waals surface area contributed by atoms with E-state index in [2.05, 4.69) is 24.4 Å². The van der Waals surface area contributed by atoms with E-state index in [-0.39, 0.29) is 34.0 Å². The number of rotatable bonds is 7. The largest absolute Gasteiger partial charge is 0.362 e. The number of carbonyl (C=O) groups is 1. The van der Waals surface area contributed by atoms with Gasteiger partial charge in [-0.3, -0.25) is 14.1 Å². The van der Waals surface area contributed by atoms with Crippen molar-refractivity contribution < 1.29 is 32.4 Å². The van der Waals surface area contributed by atoms with Gasteiger partial charge in [-0.25, -0.2) is 10.4 Å². The van der Waals surface area contributed by atoms with Gasteiger partial charge in [0.1, 0.15) is 6.07 Å². The molecule has 0 fully saturated rings. The van der Waals surface area contributed by atoms with Gasteiger partial charge in [-0.05, 0) is 42.5 Å². The summed E-state index contributed by atoms with van der Waals surface area (Å²) in [5, 5.41) is 28.7. The van der Waals surface area contributed by atoms with Crippen molar-refractivity contribution >= 4 is 51.4 Å². The van der Waals surface area contributed by atoms with Gasteiger partial charge in [-0.1, -0.05) is 23.7 Å². The lowest BCUT2D eigenvalue weighted by Gasteiger charge is -2.12. The van der Waals surface area contributed by atoms with Crippen LogP contribution in [0.4, 0.5) is 11.5 Å². The third-order valence-corrected chi connectivity index (χ3v) is 6.31. The van der Waals surface area contributed by atoms with Crippen molar-refractivity contribution in [3.05, 3.63) is 81.4 Å². The topological polar surface area (TPSA) is 192 Å². The van der Waals surface area contributed by atoms with Crippen molar-refractivity contribution in [2.75, 3.05) is 5.01 Å². The van der Waals surface area contributed by atoms with Crippen LogP contribution in [0.1, 0.15) is 5.56 Å². The van der Waals surface area contributed by atoms with Crippen LogP contribution in [0.3, 0.4) is 0 Å². The average Bonchev–Trinajstić information content (AvgIpc) is 3.38. The minimum Gasteiger partial charge on any atom is -0.362 e. The molecule has 3 N–H and O–H groups in total. The number of H-pyrrole nitrogens is 1. The molecule has 0 aliphatic carbocycles. The van der Waals surface area contributed by atoms with Crippen molar-refractivity contribution in [2.24, 2.45) is 5.10 Å². The Morgan fingerprint density at radius 1 is 1.19 bits per heavy atom. The predicted molar refractivity (Wildman–Crippen MR) is 128 cm³/mol. The number of hydrogen-bond acceptors (Lipinski definition) is 10. The fourth-order valence-corrected chi connectivity index (χ4v) is 4.22. The van der Waals surface area contributed by atoms with Gasteiger partial charge in [0.2, 0.25) is 0 Å². The number of amides is 1. The number of hydrogen-bond donors (Lipinski definition) is 3. The fourth-order valence-electron chi connectivity index (χ4n) is 3.29. The van der Waals surface area contributed by atoms with Crippen LogP contribution in [0.15, 0.2) is 73.8 Å². The molecule has 0 atom stereocenters. The van der Waals surface area contributed by atoms with Crippen molar-refractivity contribution in [3.8, 4) is 11.8 Å². The van der Waals surface area contributed by atoms with Crippen LogP contribution in [0, 0.1) is 17.9 Å². The quantitative estimate of drug-likeness (QED) is 0.100. The van der Waals surface area contributed by atoms with Crippen LogP contribution < -0.4 is 10.6 Å². The summed E-state index contributed by atoms with van der Waals surface area (Å²) in [6, 6.07) is 12.6. The van der Waals surface area contributed by atoms with Crippen LogP contribution in [0.5, 0.6) is 0 Å². The molecule has 0 unspecified atom stereocenters. The highest BCUT2D eigenvalue weighted by Gasteiger charge is 2.33. The summed E-state index contributed by atoms with van der Waals surface area (Å²) < 4.78 is 37.6. The predicted octanol–water partition coefficient (Wildman–Crippen LogP) is 2.70. The first-order valence-corrected chi connectivity index (χ1v) is 12.0. The second-order valence-electron chi connectivity index (χ2n) is 7.06. The van der Waals surface area contributed by atoms with Crippen molar-refractivity contribution in [3.63, 3.8) is 0 Å². The first kappa shape index (κ1) is 25.5. The summed E-state index contributed by atoms with van der Waals surface area (Å²) in [5.74, 6) is -1.10. The molecule has 186 valence electrons. The summed E-state index contributed by atoms with van der Waals surface area (Å²) in [7, 11) is -4.58. The zero-order chi connectivity index (χ0) is 26.7. The van der Waals surface area contributed by atoms with E-state index in [0.717, 1.165) is 27.9 Å². The maximum absolute atomic E-state index is 13.2. The number of nitrogens with zero attached hydrogens (tertiary/aromatic N) is 5. The lowest BCUT2D eigenvalue weighted by Crippen LogP contribution is -2.22. The number of anilines is 1. The summed E-state index contributed by atoms with van der Waals surface area (Å²) in [5.41, 5.74) is -1.44. The second-order valence-corrected chi connectivity index (χ2v) is 9.25. The summed E-state index contributed by atoms with van der Waals surface area (Å²) in [6.07, 6.45) is 1.04. The molecule has 37 heavy (non-hydrogen) atoms. The maximum atomic E-state index is 13.2. The second kappa shape index (κ2) is 10.2. The van der Waals surface area contributed by atoms with E-state index in [1.165, 1.54) is 18.2 Å². The molecule has 2 heterocycles. The van der Waals surface area contributed by atoms with Crippen LogP contribution in [-0.4, -0.2) is 39.6 Å². The molecule has 1 aromatic heterocycles. The van der Waals surface area contributed by atoms with Gasteiger partial charge in [0.25, 0.3) is 27.4 Å². The minimum absolute atomic E-state index is 0.0588. The molecule has 4 rings (SSSR count). The Balaban J connectivity index is 1.77. The Bertz CT molecular complexity index is 1730. The van der Waals surface area contributed by atoms with Gasteiger partial charge < -0.3 is 4.85 Å². The van der Waals surface area contributed by atoms with E-state index < -0.39 is 26.5 Å². The van der Waals surface area contributed by atoms with Gasteiger partial charge in [-0.15, -0.1) is 4.33 Å². The molecule has 0 spiro atoms. The van der Waals surface area contributed by atoms with Crippen LogP contribution in [0.2, 0.25) is 0 Å². The number of hydrazone groups is 1. The molecule has 3 aromatic rings. The van der Waals surface area contributed by atoms with E-state index in [4.69, 9.17) is 11.8 Å². The third kappa shape index (κ3) is 5.06. The van der Waals surface area contributed by atoms with Crippen molar-refractivity contribution in [2.45, 2.75) is 9.79 Å². The highest BCUT2D eigenvalue weighted by molar-refractivity contribution is 7.94. The van der Waals surface area contributed by atoms with Crippen LogP contribution in [-0.2, 0) is 24.3 Å². The fraction of sp³-hybridized carbons (Fsp3) is 0. The normalized spacial score (nSPS) is 14.5. The molecule has 1 aliphatic rings. The van der Waals surface area contributed by atoms with Crippen molar-refractivity contribution in [1.29, 1.82) is 5.26 Å². The summed E-state index contributed by atoms with van der Waals surface area (Å²) in [6.45, 7) is 7.44. The molecule has 14 nitrogen and oxygen atoms in total. The third-order valence-electron chi connectivity index (χ3n) is 4.89. The van der Waals surface area contributed by atoms with Gasteiger partial charge in [-0.2, -0.15) is 28.5 Å². The zero-order valence-electron chi connectivity index (χ0n) is 18.1. The molecule has 2 aromatic carbocycles. The Morgan fingerprint density at radius 2 is 1.92 bits per heavy atom. The Hall–Kier alpha value is -4.55. The molecule has 1 aliphatic heterocycles. The van der Waals surface area contributed by atoms with E-state index >= 15 is 0 Å². The highest BCUT2D eigenvalue weighted by atomic mass is 32.2. The molecule has 0 saturated carbocycles. The first-order valence-electron chi connectivity index (χ1n) is 9.78. The molecule has 1 amide bonds. The van der Waals surface area contributed by atoms with Crippen LogP contribution >= 0.6 is 12.0 Å². The zero-order valence-corrected chi connectivity index (χ0v) is 19.7. The van der Waals surface area contributed by atoms with Gasteiger partial charge in [0.05, 0.1) is 39.4 Å². The Labute approximate surface area is 211 Å². The Morgan fingerprint density at radius 3 is 2.59 bits per heavy atom. The van der Waals surface area contributed by atoms with E-state index in [1.807, 2.05) is 0 Å².